The van der Waals surface area contributed by atoms with E-state index in [4.69, 9.17) is 5.11 Å². The minimum atomic E-state index is -3.43. The van der Waals surface area contributed by atoms with Crippen molar-refractivity contribution in [2.45, 2.75) is 17.6 Å². The molecule has 2 aromatic rings. The van der Waals surface area contributed by atoms with Crippen LogP contribution in [0.3, 0.4) is 0 Å². The Labute approximate surface area is 115 Å². The number of sulfone groups is 1. The van der Waals surface area contributed by atoms with E-state index in [1.165, 1.54) is 18.2 Å². The number of carboxylic acid groups (broad SMARTS) is 1. The third-order valence-corrected chi connectivity index (χ3v) is 5.44. The van der Waals surface area contributed by atoms with Crippen LogP contribution in [0.4, 0.5) is 0 Å². The summed E-state index contributed by atoms with van der Waals surface area (Å²) in [4.78, 5) is 12.0. The van der Waals surface area contributed by atoms with Crippen molar-refractivity contribution in [3.8, 4) is 0 Å². The molecule has 0 spiro atoms. The van der Waals surface area contributed by atoms with E-state index in [1.807, 2.05) is 0 Å². The molecule has 0 atom stereocenters. The van der Waals surface area contributed by atoms with Gasteiger partial charge in [-0.15, -0.1) is 11.3 Å². The number of carbonyl (C=O) groups is 1. The Kier molecular flexibility index (Phi) is 3.73. The van der Waals surface area contributed by atoms with Gasteiger partial charge in [-0.3, -0.25) is 0 Å². The molecule has 1 aromatic carbocycles. The molecule has 0 amide bonds. The smallest absolute Gasteiger partial charge is 0.345 e. The third kappa shape index (κ3) is 3.02. The lowest BCUT2D eigenvalue weighted by Gasteiger charge is -2.03. The van der Waals surface area contributed by atoms with Crippen LogP contribution in [0.2, 0.25) is 0 Å². The lowest BCUT2D eigenvalue weighted by Crippen LogP contribution is -2.04. The number of aryl methyl sites for hydroxylation is 1. The Morgan fingerprint density at radius 2 is 1.89 bits per heavy atom. The van der Waals surface area contributed by atoms with E-state index in [0.717, 1.165) is 16.2 Å². The summed E-state index contributed by atoms with van der Waals surface area (Å²) in [5.41, 5.74) is 0.547. The number of benzene rings is 1. The molecule has 0 aliphatic rings. The molecule has 0 aliphatic carbocycles. The first kappa shape index (κ1) is 13.8. The van der Waals surface area contributed by atoms with Crippen molar-refractivity contribution in [3.05, 3.63) is 51.7 Å². The average molecular weight is 296 g/mol. The zero-order valence-electron chi connectivity index (χ0n) is 10.2. The molecular formula is C13H12O4S2. The van der Waals surface area contributed by atoms with Gasteiger partial charge in [0.05, 0.1) is 10.6 Å². The van der Waals surface area contributed by atoms with Crippen molar-refractivity contribution < 1.29 is 18.3 Å². The maximum atomic E-state index is 12.2. The number of carboxylic acids is 1. The number of rotatable bonds is 4. The Balaban J connectivity index is 2.34. The fourth-order valence-electron chi connectivity index (χ4n) is 1.68. The van der Waals surface area contributed by atoms with E-state index in [1.54, 1.807) is 25.1 Å². The van der Waals surface area contributed by atoms with E-state index < -0.39 is 15.8 Å². The van der Waals surface area contributed by atoms with Gasteiger partial charge in [0.1, 0.15) is 4.88 Å². The van der Waals surface area contributed by atoms with Crippen molar-refractivity contribution >= 4 is 27.1 Å². The van der Waals surface area contributed by atoms with Gasteiger partial charge < -0.3 is 5.11 Å². The zero-order chi connectivity index (χ0) is 14.0. The fraction of sp³-hybridized carbons (Fsp3) is 0.154. The molecule has 0 bridgehead atoms. The van der Waals surface area contributed by atoms with Crippen LogP contribution in [0.15, 0.2) is 41.3 Å². The summed E-state index contributed by atoms with van der Waals surface area (Å²) in [6, 6.07) is 9.58. The van der Waals surface area contributed by atoms with E-state index >= 15 is 0 Å². The average Bonchev–Trinajstić information content (AvgIpc) is 2.72. The van der Waals surface area contributed by atoms with Crippen LogP contribution in [-0.4, -0.2) is 19.5 Å². The van der Waals surface area contributed by atoms with E-state index in [9.17, 15) is 13.2 Å². The number of hydrogen-bond acceptors (Lipinski definition) is 4. The Hall–Kier alpha value is -1.66. The first-order valence-electron chi connectivity index (χ1n) is 5.50. The first-order valence-corrected chi connectivity index (χ1v) is 7.97. The second-order valence-electron chi connectivity index (χ2n) is 4.07. The molecule has 0 fully saturated rings. The molecule has 4 nitrogen and oxygen atoms in total. The summed E-state index contributed by atoms with van der Waals surface area (Å²) in [6.07, 6.45) is 0. The van der Waals surface area contributed by atoms with Gasteiger partial charge in [-0.25, -0.2) is 13.2 Å². The van der Waals surface area contributed by atoms with Gasteiger partial charge in [-0.2, -0.15) is 0 Å². The summed E-state index contributed by atoms with van der Waals surface area (Å²) in [5, 5.41) is 8.90. The molecule has 1 aromatic heterocycles. The van der Waals surface area contributed by atoms with Gasteiger partial charge >= 0.3 is 5.97 Å². The zero-order valence-corrected chi connectivity index (χ0v) is 11.8. The third-order valence-electron chi connectivity index (χ3n) is 2.68. The highest BCUT2D eigenvalue weighted by atomic mass is 32.2. The van der Waals surface area contributed by atoms with Crippen LogP contribution in [0, 0.1) is 6.92 Å². The van der Waals surface area contributed by atoms with Crippen molar-refractivity contribution in [3.63, 3.8) is 0 Å². The van der Waals surface area contributed by atoms with Crippen LogP contribution >= 0.6 is 11.3 Å². The fourth-order valence-corrected chi connectivity index (χ4v) is 4.10. The predicted molar refractivity (Wildman–Crippen MR) is 73.3 cm³/mol. The second-order valence-corrected chi connectivity index (χ2v) is 7.32. The molecule has 2 rings (SSSR count). The van der Waals surface area contributed by atoms with Gasteiger partial charge in [0.2, 0.25) is 0 Å². The van der Waals surface area contributed by atoms with Gasteiger partial charge in [-0.1, -0.05) is 18.2 Å². The molecule has 1 heterocycles. The standard InChI is InChI=1S/C13H12O4S2/c1-9-10(7-12(18-9)13(14)15)8-19(16,17)11-5-3-2-4-6-11/h2-7H,8H2,1H3,(H,14,15). The topological polar surface area (TPSA) is 71.4 Å². The Morgan fingerprint density at radius 3 is 2.42 bits per heavy atom. The highest BCUT2D eigenvalue weighted by molar-refractivity contribution is 7.90. The number of aromatic carboxylic acids is 1. The largest absolute Gasteiger partial charge is 0.477 e. The number of hydrogen-bond donors (Lipinski definition) is 1. The van der Waals surface area contributed by atoms with Gasteiger partial charge in [-0.05, 0) is 30.7 Å². The molecule has 0 saturated carbocycles. The minimum Gasteiger partial charge on any atom is -0.477 e. The van der Waals surface area contributed by atoms with Crippen LogP contribution < -0.4 is 0 Å². The second kappa shape index (κ2) is 5.14. The normalized spacial score (nSPS) is 11.4. The lowest BCUT2D eigenvalue weighted by molar-refractivity contribution is 0.0702. The minimum absolute atomic E-state index is 0.163. The van der Waals surface area contributed by atoms with E-state index in [0.29, 0.717) is 5.56 Å². The lowest BCUT2D eigenvalue weighted by atomic mass is 10.3. The molecule has 19 heavy (non-hydrogen) atoms. The van der Waals surface area contributed by atoms with E-state index in [2.05, 4.69) is 0 Å². The maximum absolute atomic E-state index is 12.2. The molecular weight excluding hydrogens is 284 g/mol. The summed E-state index contributed by atoms with van der Waals surface area (Å²) < 4.78 is 24.4. The monoisotopic (exact) mass is 296 g/mol. The van der Waals surface area contributed by atoms with Crippen LogP contribution in [0.1, 0.15) is 20.1 Å². The summed E-state index contributed by atoms with van der Waals surface area (Å²) in [6.45, 7) is 1.73. The van der Waals surface area contributed by atoms with E-state index in [-0.39, 0.29) is 15.5 Å². The Bertz CT molecular complexity index is 699. The molecule has 0 radical (unpaired) electrons. The van der Waals surface area contributed by atoms with Crippen molar-refractivity contribution in [1.82, 2.24) is 0 Å². The predicted octanol–water partition coefficient (Wildman–Crippen LogP) is 2.73. The highest BCUT2D eigenvalue weighted by Gasteiger charge is 2.19. The van der Waals surface area contributed by atoms with Gasteiger partial charge in [0.25, 0.3) is 0 Å². The molecule has 100 valence electrons. The summed E-state index contributed by atoms with van der Waals surface area (Å²) in [5.74, 6) is -1.21. The maximum Gasteiger partial charge on any atom is 0.345 e. The van der Waals surface area contributed by atoms with Gasteiger partial charge in [0.15, 0.2) is 9.84 Å². The highest BCUT2D eigenvalue weighted by Crippen LogP contribution is 2.25. The molecule has 0 unspecified atom stereocenters. The van der Waals surface area contributed by atoms with Crippen molar-refractivity contribution in [2.24, 2.45) is 0 Å². The Morgan fingerprint density at radius 1 is 1.26 bits per heavy atom. The van der Waals surface area contributed by atoms with Crippen LogP contribution in [0.25, 0.3) is 0 Å². The summed E-state index contributed by atoms with van der Waals surface area (Å²) >= 11 is 1.09. The summed E-state index contributed by atoms with van der Waals surface area (Å²) in [7, 11) is -3.43. The molecule has 6 heteroatoms. The van der Waals surface area contributed by atoms with Crippen molar-refractivity contribution in [1.29, 1.82) is 0 Å². The SMILES string of the molecule is Cc1sc(C(=O)O)cc1CS(=O)(=O)c1ccccc1. The van der Waals surface area contributed by atoms with Crippen molar-refractivity contribution in [2.75, 3.05) is 0 Å². The van der Waals surface area contributed by atoms with Gasteiger partial charge in [0, 0.05) is 4.88 Å². The quantitative estimate of drug-likeness (QED) is 0.941. The molecule has 0 aliphatic heterocycles. The molecule has 0 saturated heterocycles. The number of thiophene rings is 1. The molecule has 1 N–H and O–H groups in total. The van der Waals surface area contributed by atoms with Crippen LogP contribution in [-0.2, 0) is 15.6 Å². The van der Waals surface area contributed by atoms with Crippen LogP contribution in [0.5, 0.6) is 0 Å². The first-order chi connectivity index (χ1) is 8.90.